The monoisotopic (exact) mass is 307 g/mol. The molecule has 0 bridgehead atoms. The van der Waals surface area contributed by atoms with Crippen LogP contribution in [0.3, 0.4) is 0 Å². The van der Waals surface area contributed by atoms with E-state index >= 15 is 0 Å². The van der Waals surface area contributed by atoms with Crippen LogP contribution in [0.4, 0.5) is 0 Å². The highest BCUT2D eigenvalue weighted by Gasteiger charge is 2.16. The molecular formula is C17H19Cl2N. The van der Waals surface area contributed by atoms with Gasteiger partial charge in [0.05, 0.1) is 0 Å². The van der Waals surface area contributed by atoms with Crippen molar-refractivity contribution in [1.82, 2.24) is 5.32 Å². The molecule has 2 aromatic rings. The molecule has 1 atom stereocenters. The Morgan fingerprint density at radius 2 is 1.70 bits per heavy atom. The van der Waals surface area contributed by atoms with Crippen molar-refractivity contribution in [2.75, 3.05) is 7.05 Å². The van der Waals surface area contributed by atoms with Gasteiger partial charge in [0.15, 0.2) is 0 Å². The van der Waals surface area contributed by atoms with Gasteiger partial charge in [0.25, 0.3) is 0 Å². The number of benzene rings is 2. The fraction of sp³-hybridized carbons (Fsp3) is 0.294. The highest BCUT2D eigenvalue weighted by molar-refractivity contribution is 6.36. The second kappa shape index (κ2) is 6.62. The molecule has 0 aromatic heterocycles. The Labute approximate surface area is 130 Å². The van der Waals surface area contributed by atoms with Gasteiger partial charge in [-0.1, -0.05) is 53.0 Å². The van der Waals surface area contributed by atoms with E-state index in [4.69, 9.17) is 23.2 Å². The lowest BCUT2D eigenvalue weighted by molar-refractivity contribution is 0.589. The summed E-state index contributed by atoms with van der Waals surface area (Å²) in [6, 6.07) is 12.4. The van der Waals surface area contributed by atoms with E-state index < -0.39 is 0 Å². The van der Waals surface area contributed by atoms with Crippen molar-refractivity contribution in [1.29, 1.82) is 0 Å². The van der Waals surface area contributed by atoms with Crippen molar-refractivity contribution in [3.63, 3.8) is 0 Å². The van der Waals surface area contributed by atoms with Crippen LogP contribution in [0, 0.1) is 13.8 Å². The van der Waals surface area contributed by atoms with Crippen LogP contribution in [0.15, 0.2) is 36.4 Å². The summed E-state index contributed by atoms with van der Waals surface area (Å²) in [6.07, 6.45) is 0.777. The summed E-state index contributed by atoms with van der Waals surface area (Å²) in [5.74, 6) is 0. The minimum absolute atomic E-state index is 0.201. The van der Waals surface area contributed by atoms with Gasteiger partial charge in [-0.05, 0) is 56.1 Å². The van der Waals surface area contributed by atoms with Gasteiger partial charge in [0.1, 0.15) is 0 Å². The van der Waals surface area contributed by atoms with Crippen LogP contribution in [0.5, 0.6) is 0 Å². The molecule has 0 aliphatic carbocycles. The van der Waals surface area contributed by atoms with Crippen LogP contribution < -0.4 is 5.32 Å². The topological polar surface area (TPSA) is 12.0 Å². The van der Waals surface area contributed by atoms with Crippen LogP contribution in [0.25, 0.3) is 0 Å². The summed E-state index contributed by atoms with van der Waals surface area (Å²) in [6.45, 7) is 4.24. The van der Waals surface area contributed by atoms with Gasteiger partial charge >= 0.3 is 0 Å². The van der Waals surface area contributed by atoms with Crippen molar-refractivity contribution >= 4 is 23.2 Å². The number of halogens is 2. The van der Waals surface area contributed by atoms with Gasteiger partial charge in [-0.15, -0.1) is 0 Å². The molecule has 1 nitrogen and oxygen atoms in total. The van der Waals surface area contributed by atoms with Crippen LogP contribution in [0.2, 0.25) is 10.0 Å². The minimum Gasteiger partial charge on any atom is -0.313 e. The largest absolute Gasteiger partial charge is 0.313 e. The summed E-state index contributed by atoms with van der Waals surface area (Å²) < 4.78 is 0. The zero-order valence-electron chi connectivity index (χ0n) is 12.0. The standard InChI is InChI=1S/C17H19Cl2N/c1-11-7-8-12(2)13(9-11)17(20-3)10-14-15(18)5-4-6-16(14)19/h4-9,17,20H,10H2,1-3H3. The van der Waals surface area contributed by atoms with Crippen molar-refractivity contribution in [3.8, 4) is 0 Å². The average molecular weight is 308 g/mol. The second-order valence-electron chi connectivity index (χ2n) is 5.11. The summed E-state index contributed by atoms with van der Waals surface area (Å²) >= 11 is 12.6. The molecule has 0 aliphatic rings. The fourth-order valence-electron chi connectivity index (χ4n) is 2.43. The third-order valence-corrected chi connectivity index (χ3v) is 4.34. The molecule has 1 N–H and O–H groups in total. The first-order valence-electron chi connectivity index (χ1n) is 6.70. The van der Waals surface area contributed by atoms with Crippen molar-refractivity contribution in [2.24, 2.45) is 0 Å². The van der Waals surface area contributed by atoms with Gasteiger partial charge in [-0.2, -0.15) is 0 Å². The molecule has 2 aromatic carbocycles. The van der Waals surface area contributed by atoms with Crippen molar-refractivity contribution in [2.45, 2.75) is 26.3 Å². The number of hydrogen-bond acceptors (Lipinski definition) is 1. The van der Waals surface area contributed by atoms with Crippen LogP contribution in [0.1, 0.15) is 28.3 Å². The van der Waals surface area contributed by atoms with E-state index in [1.54, 1.807) is 0 Å². The van der Waals surface area contributed by atoms with E-state index in [2.05, 4.69) is 37.4 Å². The third-order valence-electron chi connectivity index (χ3n) is 3.63. The van der Waals surface area contributed by atoms with E-state index in [1.807, 2.05) is 25.2 Å². The summed E-state index contributed by atoms with van der Waals surface area (Å²) in [5, 5.41) is 4.82. The quantitative estimate of drug-likeness (QED) is 0.827. The highest BCUT2D eigenvalue weighted by Crippen LogP contribution is 2.30. The maximum Gasteiger partial charge on any atom is 0.0453 e. The van der Waals surface area contributed by atoms with E-state index in [-0.39, 0.29) is 6.04 Å². The number of rotatable bonds is 4. The van der Waals surface area contributed by atoms with Gasteiger partial charge in [0, 0.05) is 16.1 Å². The maximum atomic E-state index is 6.28. The van der Waals surface area contributed by atoms with Gasteiger partial charge in [-0.25, -0.2) is 0 Å². The van der Waals surface area contributed by atoms with E-state index in [9.17, 15) is 0 Å². The third kappa shape index (κ3) is 3.35. The second-order valence-corrected chi connectivity index (χ2v) is 5.92. The van der Waals surface area contributed by atoms with Gasteiger partial charge in [0.2, 0.25) is 0 Å². The molecule has 0 saturated heterocycles. The molecular weight excluding hydrogens is 289 g/mol. The normalized spacial score (nSPS) is 12.4. The summed E-state index contributed by atoms with van der Waals surface area (Å²) in [5.41, 5.74) is 4.83. The smallest absolute Gasteiger partial charge is 0.0453 e. The van der Waals surface area contributed by atoms with Crippen molar-refractivity contribution in [3.05, 3.63) is 68.7 Å². The van der Waals surface area contributed by atoms with Gasteiger partial charge in [-0.3, -0.25) is 0 Å². The lowest BCUT2D eigenvalue weighted by Gasteiger charge is -2.21. The summed E-state index contributed by atoms with van der Waals surface area (Å²) in [4.78, 5) is 0. The number of hydrogen-bond donors (Lipinski definition) is 1. The van der Waals surface area contributed by atoms with Crippen LogP contribution in [-0.4, -0.2) is 7.05 Å². The Morgan fingerprint density at radius 3 is 2.30 bits per heavy atom. The molecule has 0 radical (unpaired) electrons. The SMILES string of the molecule is CNC(Cc1c(Cl)cccc1Cl)c1cc(C)ccc1C. The molecule has 3 heteroatoms. The van der Waals surface area contributed by atoms with E-state index in [1.165, 1.54) is 16.7 Å². The molecule has 106 valence electrons. The molecule has 0 fully saturated rings. The summed E-state index contributed by atoms with van der Waals surface area (Å²) in [7, 11) is 1.97. The molecule has 0 saturated carbocycles. The first kappa shape index (κ1) is 15.4. The molecule has 2 rings (SSSR count). The Hall–Kier alpha value is -1.02. The predicted molar refractivity (Wildman–Crippen MR) is 87.9 cm³/mol. The highest BCUT2D eigenvalue weighted by atomic mass is 35.5. The Morgan fingerprint density at radius 1 is 1.05 bits per heavy atom. The Bertz CT molecular complexity index is 588. The zero-order chi connectivity index (χ0) is 14.7. The first-order chi connectivity index (χ1) is 9.52. The molecule has 0 heterocycles. The number of aryl methyl sites for hydroxylation is 2. The first-order valence-corrected chi connectivity index (χ1v) is 7.46. The van der Waals surface area contributed by atoms with Crippen LogP contribution >= 0.6 is 23.2 Å². The number of likely N-dealkylation sites (N-methyl/N-ethyl adjacent to an activating group) is 1. The fourth-order valence-corrected chi connectivity index (χ4v) is 2.99. The van der Waals surface area contributed by atoms with E-state index in [0.717, 1.165) is 22.0 Å². The molecule has 1 unspecified atom stereocenters. The minimum atomic E-state index is 0.201. The molecule has 0 amide bonds. The zero-order valence-corrected chi connectivity index (χ0v) is 13.5. The van der Waals surface area contributed by atoms with Crippen LogP contribution in [-0.2, 0) is 6.42 Å². The lowest BCUT2D eigenvalue weighted by Crippen LogP contribution is -2.20. The number of nitrogens with one attached hydrogen (secondary N) is 1. The Balaban J connectivity index is 2.36. The van der Waals surface area contributed by atoms with Crippen molar-refractivity contribution < 1.29 is 0 Å². The Kier molecular flexibility index (Phi) is 5.09. The lowest BCUT2D eigenvalue weighted by atomic mass is 9.94. The molecule has 0 aliphatic heterocycles. The van der Waals surface area contributed by atoms with Gasteiger partial charge < -0.3 is 5.32 Å². The molecule has 0 spiro atoms. The maximum absolute atomic E-state index is 6.28. The average Bonchev–Trinajstić information content (AvgIpc) is 2.42. The predicted octanol–water partition coefficient (Wildman–Crippen LogP) is 5.11. The molecule has 20 heavy (non-hydrogen) atoms. The van der Waals surface area contributed by atoms with E-state index in [0.29, 0.717) is 0 Å².